The monoisotopic (exact) mass is 327 g/mol. The number of halogens is 1. The Bertz CT molecular complexity index is 443. The fourth-order valence-corrected chi connectivity index (χ4v) is 3.00. The highest BCUT2D eigenvalue weighted by molar-refractivity contribution is 9.10. The Labute approximate surface area is 122 Å². The molecule has 2 rings (SSSR count). The molecule has 4 N–H and O–H groups in total. The third-order valence-corrected chi connectivity index (χ3v) is 4.89. The lowest BCUT2D eigenvalue weighted by Crippen LogP contribution is -2.36. The van der Waals surface area contributed by atoms with Crippen LogP contribution in [-0.2, 0) is 0 Å². The smallest absolute Gasteiger partial charge is 0.140 e. The molecule has 5 heteroatoms. The number of hydrogen-bond donors (Lipinski definition) is 3. The van der Waals surface area contributed by atoms with Gasteiger partial charge in [0.2, 0.25) is 0 Å². The molecule has 1 aliphatic carbocycles. The van der Waals surface area contributed by atoms with E-state index in [2.05, 4.69) is 26.2 Å². The van der Waals surface area contributed by atoms with Gasteiger partial charge < -0.3 is 16.2 Å². The predicted octanol–water partition coefficient (Wildman–Crippen LogP) is 3.23. The Morgan fingerprint density at radius 1 is 1.37 bits per heavy atom. The standard InChI is InChI=1S/C14H22BrN3O/c1-10-11(16)8-17-13(12(10)15)18-9-14(19)6-4-2-3-5-7-14/h8,19H,2-7,9,16H2,1H3,(H,17,18). The summed E-state index contributed by atoms with van der Waals surface area (Å²) in [5.74, 6) is 0.754. The molecule has 0 radical (unpaired) electrons. The van der Waals surface area contributed by atoms with Crippen molar-refractivity contribution < 1.29 is 5.11 Å². The molecule has 0 aliphatic heterocycles. The Morgan fingerprint density at radius 2 is 2.00 bits per heavy atom. The number of aliphatic hydroxyl groups is 1. The van der Waals surface area contributed by atoms with E-state index in [0.29, 0.717) is 12.2 Å². The van der Waals surface area contributed by atoms with Gasteiger partial charge in [0.15, 0.2) is 0 Å². The van der Waals surface area contributed by atoms with E-state index in [1.165, 1.54) is 12.8 Å². The van der Waals surface area contributed by atoms with Gasteiger partial charge in [-0.1, -0.05) is 25.7 Å². The van der Waals surface area contributed by atoms with Gasteiger partial charge in [-0.05, 0) is 41.3 Å². The van der Waals surface area contributed by atoms with Crippen LogP contribution in [0.15, 0.2) is 10.7 Å². The zero-order valence-electron chi connectivity index (χ0n) is 11.4. The molecule has 0 unspecified atom stereocenters. The molecule has 0 bridgehead atoms. The number of nitrogens with one attached hydrogen (secondary N) is 1. The van der Waals surface area contributed by atoms with Crippen molar-refractivity contribution >= 4 is 27.4 Å². The van der Waals surface area contributed by atoms with E-state index in [1.54, 1.807) is 6.20 Å². The number of aromatic nitrogens is 1. The maximum atomic E-state index is 10.6. The van der Waals surface area contributed by atoms with Crippen LogP contribution in [0.5, 0.6) is 0 Å². The van der Waals surface area contributed by atoms with E-state index in [1.807, 2.05) is 6.92 Å². The van der Waals surface area contributed by atoms with Crippen LogP contribution in [0.4, 0.5) is 11.5 Å². The summed E-state index contributed by atoms with van der Waals surface area (Å²) in [6.45, 7) is 2.49. The van der Waals surface area contributed by atoms with Gasteiger partial charge in [-0.25, -0.2) is 4.98 Å². The SMILES string of the molecule is Cc1c(N)cnc(NCC2(O)CCCCCC2)c1Br. The first-order valence-electron chi connectivity index (χ1n) is 6.89. The molecule has 0 aromatic carbocycles. The number of nitrogens with zero attached hydrogens (tertiary/aromatic N) is 1. The van der Waals surface area contributed by atoms with Crippen LogP contribution < -0.4 is 11.1 Å². The predicted molar refractivity (Wildman–Crippen MR) is 82.2 cm³/mol. The summed E-state index contributed by atoms with van der Waals surface area (Å²) in [5, 5.41) is 13.9. The second kappa shape index (κ2) is 6.09. The minimum Gasteiger partial charge on any atom is -0.397 e. The quantitative estimate of drug-likeness (QED) is 0.745. The minimum atomic E-state index is -0.604. The van der Waals surface area contributed by atoms with E-state index in [-0.39, 0.29) is 0 Å². The summed E-state index contributed by atoms with van der Waals surface area (Å²) in [7, 11) is 0. The lowest BCUT2D eigenvalue weighted by molar-refractivity contribution is 0.0380. The number of pyridine rings is 1. The van der Waals surface area contributed by atoms with Gasteiger partial charge in [0.1, 0.15) is 5.82 Å². The number of rotatable bonds is 3. The van der Waals surface area contributed by atoms with Crippen molar-refractivity contribution in [1.29, 1.82) is 0 Å². The van der Waals surface area contributed by atoms with Crippen molar-refractivity contribution in [1.82, 2.24) is 4.98 Å². The summed E-state index contributed by atoms with van der Waals surface area (Å²) < 4.78 is 0.879. The highest BCUT2D eigenvalue weighted by Crippen LogP contribution is 2.30. The number of nitrogens with two attached hydrogens (primary N) is 1. The Morgan fingerprint density at radius 3 is 2.63 bits per heavy atom. The van der Waals surface area contributed by atoms with Gasteiger partial charge >= 0.3 is 0 Å². The molecule has 0 amide bonds. The molecule has 0 atom stereocenters. The number of nitrogen functional groups attached to an aromatic ring is 1. The molecule has 1 fully saturated rings. The molecule has 1 aliphatic rings. The average Bonchev–Trinajstić information content (AvgIpc) is 2.61. The molecular weight excluding hydrogens is 306 g/mol. The second-order valence-corrected chi connectivity index (χ2v) is 6.29. The van der Waals surface area contributed by atoms with Crippen molar-refractivity contribution in [3.8, 4) is 0 Å². The normalized spacial score (nSPS) is 18.9. The minimum absolute atomic E-state index is 0.544. The highest BCUT2D eigenvalue weighted by Gasteiger charge is 2.28. The summed E-state index contributed by atoms with van der Waals surface area (Å²) in [6.07, 6.45) is 8.05. The largest absolute Gasteiger partial charge is 0.397 e. The zero-order valence-corrected chi connectivity index (χ0v) is 13.0. The molecule has 1 heterocycles. The molecule has 0 saturated heterocycles. The third-order valence-electron chi connectivity index (χ3n) is 3.92. The first-order chi connectivity index (χ1) is 9.02. The van der Waals surface area contributed by atoms with Crippen molar-refractivity contribution in [2.45, 2.75) is 51.0 Å². The molecular formula is C14H22BrN3O. The summed E-state index contributed by atoms with van der Waals surface area (Å²) in [5.41, 5.74) is 6.85. The van der Waals surface area contributed by atoms with Gasteiger partial charge in [0.05, 0.1) is 22.0 Å². The summed E-state index contributed by atoms with van der Waals surface area (Å²) in [4.78, 5) is 4.28. The van der Waals surface area contributed by atoms with E-state index in [9.17, 15) is 5.11 Å². The van der Waals surface area contributed by atoms with E-state index >= 15 is 0 Å². The number of anilines is 2. The molecule has 0 spiro atoms. The van der Waals surface area contributed by atoms with Crippen LogP contribution in [-0.4, -0.2) is 22.2 Å². The van der Waals surface area contributed by atoms with E-state index in [0.717, 1.165) is 41.5 Å². The van der Waals surface area contributed by atoms with Crippen molar-refractivity contribution in [3.63, 3.8) is 0 Å². The average molecular weight is 328 g/mol. The Balaban J connectivity index is 2.03. The molecule has 19 heavy (non-hydrogen) atoms. The van der Waals surface area contributed by atoms with Crippen molar-refractivity contribution in [2.75, 3.05) is 17.6 Å². The zero-order chi connectivity index (χ0) is 13.9. The van der Waals surface area contributed by atoms with Gasteiger partial charge in [0, 0.05) is 6.54 Å². The van der Waals surface area contributed by atoms with Crippen LogP contribution in [0.1, 0.15) is 44.1 Å². The topological polar surface area (TPSA) is 71.2 Å². The van der Waals surface area contributed by atoms with Crippen LogP contribution in [0, 0.1) is 6.92 Å². The maximum absolute atomic E-state index is 10.6. The fourth-order valence-electron chi connectivity index (χ4n) is 2.53. The molecule has 1 saturated carbocycles. The number of hydrogen-bond acceptors (Lipinski definition) is 4. The maximum Gasteiger partial charge on any atom is 0.140 e. The van der Waals surface area contributed by atoms with Crippen LogP contribution in [0.2, 0.25) is 0 Å². The van der Waals surface area contributed by atoms with Crippen molar-refractivity contribution in [2.24, 2.45) is 0 Å². The van der Waals surface area contributed by atoms with E-state index < -0.39 is 5.60 Å². The van der Waals surface area contributed by atoms with Crippen LogP contribution in [0.3, 0.4) is 0 Å². The lowest BCUT2D eigenvalue weighted by atomic mass is 9.94. The molecule has 1 aromatic heterocycles. The van der Waals surface area contributed by atoms with Crippen LogP contribution >= 0.6 is 15.9 Å². The summed E-state index contributed by atoms with van der Waals surface area (Å²) >= 11 is 3.50. The Kier molecular flexibility index (Phi) is 4.68. The highest BCUT2D eigenvalue weighted by atomic mass is 79.9. The van der Waals surface area contributed by atoms with E-state index in [4.69, 9.17) is 5.73 Å². The van der Waals surface area contributed by atoms with Gasteiger partial charge in [-0.3, -0.25) is 0 Å². The van der Waals surface area contributed by atoms with Crippen LogP contribution in [0.25, 0.3) is 0 Å². The van der Waals surface area contributed by atoms with Crippen molar-refractivity contribution in [3.05, 3.63) is 16.2 Å². The van der Waals surface area contributed by atoms with Gasteiger partial charge in [-0.2, -0.15) is 0 Å². The van der Waals surface area contributed by atoms with Gasteiger partial charge in [-0.15, -0.1) is 0 Å². The molecule has 4 nitrogen and oxygen atoms in total. The second-order valence-electron chi connectivity index (χ2n) is 5.49. The molecule has 106 valence electrons. The Hall–Kier alpha value is -0.810. The lowest BCUT2D eigenvalue weighted by Gasteiger charge is -2.27. The molecule has 1 aromatic rings. The summed E-state index contributed by atoms with van der Waals surface area (Å²) in [6, 6.07) is 0. The first-order valence-corrected chi connectivity index (χ1v) is 7.68. The third kappa shape index (κ3) is 3.60. The fraction of sp³-hybridized carbons (Fsp3) is 0.643. The van der Waals surface area contributed by atoms with Gasteiger partial charge in [0.25, 0.3) is 0 Å². The first kappa shape index (κ1) is 14.6.